The van der Waals surface area contributed by atoms with Crippen LogP contribution in [0.25, 0.3) is 0 Å². The second-order valence-electron chi connectivity index (χ2n) is 2.69. The highest BCUT2D eigenvalue weighted by Gasteiger charge is 2.20. The molecule has 0 aliphatic rings. The molecule has 0 rings (SSSR count). The molecule has 1 atom stereocenters. The van der Waals surface area contributed by atoms with Crippen LogP contribution in [-0.2, 0) is 0 Å². The van der Waals surface area contributed by atoms with Gasteiger partial charge in [0.25, 0.3) is 0 Å². The number of rotatable bonds is 3. The molecule has 0 heterocycles. The van der Waals surface area contributed by atoms with Crippen molar-refractivity contribution in [1.29, 1.82) is 0 Å². The first kappa shape index (κ1) is 9.63. The Bertz CT molecular complexity index is 127. The van der Waals surface area contributed by atoms with Gasteiger partial charge < -0.3 is 5.11 Å². The van der Waals surface area contributed by atoms with Crippen LogP contribution in [0.2, 0.25) is 0 Å². The number of hydrogen-bond acceptors (Lipinski definition) is 2. The lowest BCUT2D eigenvalue weighted by Gasteiger charge is -2.20. The van der Waals surface area contributed by atoms with Gasteiger partial charge in [0.1, 0.15) is 0 Å². The Kier molecular flexibility index (Phi) is 3.58. The molecule has 0 amide bonds. The zero-order chi connectivity index (χ0) is 8.20. The van der Waals surface area contributed by atoms with Crippen molar-refractivity contribution in [3.05, 3.63) is 0 Å². The molecule has 0 saturated heterocycles. The molecule has 0 aromatic heterocycles. The highest BCUT2D eigenvalue weighted by atomic mass is 16.3. The summed E-state index contributed by atoms with van der Waals surface area (Å²) in [6, 6.07) is 0. The highest BCUT2D eigenvalue weighted by molar-refractivity contribution is 5.89. The van der Waals surface area contributed by atoms with Crippen molar-refractivity contribution in [1.82, 2.24) is 0 Å². The summed E-state index contributed by atoms with van der Waals surface area (Å²) in [4.78, 5) is 4.13. The minimum Gasteiger partial charge on any atom is -0.384 e. The molecule has 0 saturated carbocycles. The standard InChI is InChI=1S/C8H17NO/c1-5-8(4,10)7(3)9-6-2/h10H,5-6H2,1-4H3. The number of aliphatic imine (C=N–C) groups is 1. The Morgan fingerprint density at radius 2 is 2.00 bits per heavy atom. The quantitative estimate of drug-likeness (QED) is 0.598. The van der Waals surface area contributed by atoms with E-state index in [1.54, 1.807) is 6.92 Å². The van der Waals surface area contributed by atoms with Crippen LogP contribution >= 0.6 is 0 Å². The summed E-state index contributed by atoms with van der Waals surface area (Å²) in [7, 11) is 0. The van der Waals surface area contributed by atoms with Crippen molar-refractivity contribution in [3.63, 3.8) is 0 Å². The van der Waals surface area contributed by atoms with Crippen LogP contribution in [0.5, 0.6) is 0 Å². The van der Waals surface area contributed by atoms with Gasteiger partial charge in [0.15, 0.2) is 0 Å². The molecule has 60 valence electrons. The topological polar surface area (TPSA) is 32.6 Å². The van der Waals surface area contributed by atoms with Crippen molar-refractivity contribution in [2.45, 2.75) is 39.7 Å². The van der Waals surface area contributed by atoms with E-state index in [9.17, 15) is 5.11 Å². The highest BCUT2D eigenvalue weighted by Crippen LogP contribution is 2.10. The molecule has 2 heteroatoms. The normalized spacial score (nSPS) is 18.7. The molecule has 0 fully saturated rings. The van der Waals surface area contributed by atoms with Crippen LogP contribution in [0, 0.1) is 0 Å². The maximum atomic E-state index is 9.59. The number of hydrogen-bond donors (Lipinski definition) is 1. The number of nitrogens with zero attached hydrogens (tertiary/aromatic N) is 1. The molecule has 0 bridgehead atoms. The molecule has 0 aliphatic heterocycles. The lowest BCUT2D eigenvalue weighted by atomic mass is 9.98. The second kappa shape index (κ2) is 3.71. The van der Waals surface area contributed by atoms with E-state index in [1.165, 1.54) is 0 Å². The smallest absolute Gasteiger partial charge is 0.0988 e. The maximum absolute atomic E-state index is 9.59. The van der Waals surface area contributed by atoms with Crippen molar-refractivity contribution in [3.8, 4) is 0 Å². The van der Waals surface area contributed by atoms with Gasteiger partial charge in [0, 0.05) is 12.3 Å². The van der Waals surface area contributed by atoms with Crippen LogP contribution < -0.4 is 0 Å². The zero-order valence-electron chi connectivity index (χ0n) is 7.31. The van der Waals surface area contributed by atoms with E-state index in [0.717, 1.165) is 18.7 Å². The Balaban J connectivity index is 4.17. The van der Waals surface area contributed by atoms with Gasteiger partial charge in [-0.3, -0.25) is 4.99 Å². The average Bonchev–Trinajstić information content (AvgIpc) is 1.89. The molecule has 0 aliphatic carbocycles. The molecule has 0 spiro atoms. The third-order valence-electron chi connectivity index (χ3n) is 1.86. The molecule has 2 nitrogen and oxygen atoms in total. The minimum absolute atomic E-state index is 0.698. The van der Waals surface area contributed by atoms with Gasteiger partial charge in [-0.2, -0.15) is 0 Å². The van der Waals surface area contributed by atoms with Crippen molar-refractivity contribution in [2.75, 3.05) is 6.54 Å². The Hall–Kier alpha value is -0.370. The summed E-state index contributed by atoms with van der Waals surface area (Å²) in [6.45, 7) is 8.33. The van der Waals surface area contributed by atoms with E-state index >= 15 is 0 Å². The summed E-state index contributed by atoms with van der Waals surface area (Å²) in [5.74, 6) is 0. The van der Waals surface area contributed by atoms with Crippen molar-refractivity contribution < 1.29 is 5.11 Å². The van der Waals surface area contributed by atoms with E-state index < -0.39 is 5.60 Å². The third kappa shape index (κ3) is 2.48. The van der Waals surface area contributed by atoms with Crippen LogP contribution in [0.15, 0.2) is 4.99 Å². The summed E-state index contributed by atoms with van der Waals surface area (Å²) in [6.07, 6.45) is 0.725. The average molecular weight is 143 g/mol. The molecule has 1 N–H and O–H groups in total. The SMILES string of the molecule is CCN=C(C)C(C)(O)CC. The van der Waals surface area contributed by atoms with Gasteiger partial charge in [0.05, 0.1) is 5.60 Å². The van der Waals surface area contributed by atoms with E-state index in [0.29, 0.717) is 0 Å². The van der Waals surface area contributed by atoms with Gasteiger partial charge >= 0.3 is 0 Å². The largest absolute Gasteiger partial charge is 0.384 e. The Labute approximate surface area is 63.0 Å². The van der Waals surface area contributed by atoms with E-state index in [2.05, 4.69) is 4.99 Å². The fourth-order valence-electron chi connectivity index (χ4n) is 0.663. The van der Waals surface area contributed by atoms with Crippen LogP contribution in [0.1, 0.15) is 34.1 Å². The summed E-state index contributed by atoms with van der Waals surface area (Å²) < 4.78 is 0. The fourth-order valence-corrected chi connectivity index (χ4v) is 0.663. The molecule has 1 unspecified atom stereocenters. The fraction of sp³-hybridized carbons (Fsp3) is 0.875. The maximum Gasteiger partial charge on any atom is 0.0988 e. The monoisotopic (exact) mass is 143 g/mol. The molecule has 10 heavy (non-hydrogen) atoms. The van der Waals surface area contributed by atoms with Crippen LogP contribution in [-0.4, -0.2) is 23.0 Å². The van der Waals surface area contributed by atoms with Crippen LogP contribution in [0.3, 0.4) is 0 Å². The van der Waals surface area contributed by atoms with E-state index in [4.69, 9.17) is 0 Å². The lowest BCUT2D eigenvalue weighted by Crippen LogP contribution is -2.32. The Morgan fingerprint density at radius 1 is 1.50 bits per heavy atom. The molecule has 0 radical (unpaired) electrons. The lowest BCUT2D eigenvalue weighted by molar-refractivity contribution is 0.127. The van der Waals surface area contributed by atoms with Crippen LogP contribution in [0.4, 0.5) is 0 Å². The van der Waals surface area contributed by atoms with Gasteiger partial charge in [-0.15, -0.1) is 0 Å². The van der Waals surface area contributed by atoms with Gasteiger partial charge in [0.2, 0.25) is 0 Å². The summed E-state index contributed by atoms with van der Waals surface area (Å²) in [5, 5.41) is 9.59. The molecular formula is C8H17NO. The van der Waals surface area contributed by atoms with E-state index in [-0.39, 0.29) is 0 Å². The molecule has 0 aromatic rings. The van der Waals surface area contributed by atoms with Gasteiger partial charge in [-0.1, -0.05) is 6.92 Å². The first-order chi connectivity index (χ1) is 4.54. The second-order valence-corrected chi connectivity index (χ2v) is 2.69. The predicted molar refractivity (Wildman–Crippen MR) is 44.6 cm³/mol. The molecule has 0 aromatic carbocycles. The summed E-state index contributed by atoms with van der Waals surface area (Å²) >= 11 is 0. The number of aliphatic hydroxyl groups is 1. The zero-order valence-corrected chi connectivity index (χ0v) is 7.31. The first-order valence-corrected chi connectivity index (χ1v) is 3.78. The molecular weight excluding hydrogens is 126 g/mol. The van der Waals surface area contributed by atoms with Crippen molar-refractivity contribution in [2.24, 2.45) is 4.99 Å². The Morgan fingerprint density at radius 3 is 2.30 bits per heavy atom. The van der Waals surface area contributed by atoms with Crippen molar-refractivity contribution >= 4 is 5.71 Å². The third-order valence-corrected chi connectivity index (χ3v) is 1.86. The summed E-state index contributed by atoms with van der Waals surface area (Å²) in [5.41, 5.74) is 0.133. The van der Waals surface area contributed by atoms with Gasteiger partial charge in [-0.05, 0) is 27.2 Å². The van der Waals surface area contributed by atoms with Gasteiger partial charge in [-0.25, -0.2) is 0 Å². The van der Waals surface area contributed by atoms with E-state index in [1.807, 2.05) is 20.8 Å². The first-order valence-electron chi connectivity index (χ1n) is 3.78. The minimum atomic E-state index is -0.698. The predicted octanol–water partition coefficient (Wildman–Crippen LogP) is 1.63.